The van der Waals surface area contributed by atoms with Crippen LogP contribution in [0.25, 0.3) is 0 Å². The Labute approximate surface area is 209 Å². The van der Waals surface area contributed by atoms with E-state index in [1.165, 1.54) is 4.90 Å². The number of ether oxygens (including phenoxy) is 1. The molecule has 3 amide bonds. The lowest BCUT2D eigenvalue weighted by Crippen LogP contribution is -2.46. The van der Waals surface area contributed by atoms with Crippen molar-refractivity contribution in [3.05, 3.63) is 100 Å². The number of amides is 3. The molecular weight excluding hydrogens is 466 g/mol. The highest BCUT2D eigenvalue weighted by Gasteiger charge is 2.46. The number of cyclic esters (lactones) is 1. The van der Waals surface area contributed by atoms with Crippen LogP contribution in [-0.2, 0) is 16.1 Å². The first-order chi connectivity index (χ1) is 16.9. The molecule has 0 radical (unpaired) electrons. The largest absolute Gasteiger partial charge is 0.438 e. The molecule has 0 spiro atoms. The molecule has 180 valence electrons. The number of hydrogen-bond donors (Lipinski definition) is 2. The van der Waals surface area contributed by atoms with Gasteiger partial charge in [0.15, 0.2) is 12.1 Å². The lowest BCUT2D eigenvalue weighted by Gasteiger charge is -2.24. The van der Waals surface area contributed by atoms with Gasteiger partial charge in [-0.15, -0.1) is 0 Å². The molecule has 2 N–H and O–H groups in total. The molecule has 3 aromatic carbocycles. The summed E-state index contributed by atoms with van der Waals surface area (Å²) in [5, 5.41) is 6.22. The Kier molecular flexibility index (Phi) is 7.36. The van der Waals surface area contributed by atoms with Gasteiger partial charge in [0.05, 0.1) is 6.54 Å². The van der Waals surface area contributed by atoms with Crippen molar-refractivity contribution in [2.24, 2.45) is 0 Å². The van der Waals surface area contributed by atoms with Gasteiger partial charge in [-0.25, -0.2) is 4.79 Å². The van der Waals surface area contributed by atoms with E-state index in [2.05, 4.69) is 10.6 Å². The number of hydrogen-bond acceptors (Lipinski definition) is 4. The van der Waals surface area contributed by atoms with Crippen LogP contribution in [0.4, 0.5) is 10.5 Å². The van der Waals surface area contributed by atoms with E-state index in [0.29, 0.717) is 28.4 Å². The summed E-state index contributed by atoms with van der Waals surface area (Å²) in [6.45, 7) is 4.31. The lowest BCUT2D eigenvalue weighted by molar-refractivity contribution is -0.126. The van der Waals surface area contributed by atoms with E-state index in [1.807, 2.05) is 32.0 Å². The number of nitrogens with zero attached hydrogens (tertiary/aromatic N) is 1. The molecule has 0 bridgehead atoms. The maximum atomic E-state index is 13.0. The highest BCUT2D eigenvalue weighted by Crippen LogP contribution is 2.35. The van der Waals surface area contributed by atoms with Gasteiger partial charge in [-0.3, -0.25) is 14.5 Å². The number of likely N-dealkylation sites (N-methyl/N-ethyl adjacent to an activating group) is 1. The van der Waals surface area contributed by atoms with Gasteiger partial charge < -0.3 is 15.4 Å². The van der Waals surface area contributed by atoms with E-state index in [0.717, 1.165) is 11.1 Å². The van der Waals surface area contributed by atoms with Gasteiger partial charge in [-0.05, 0) is 61.4 Å². The van der Waals surface area contributed by atoms with Crippen LogP contribution in [0.3, 0.4) is 0 Å². The molecule has 3 aromatic rings. The molecule has 1 heterocycles. The Hall–Kier alpha value is -3.84. The number of halogens is 1. The van der Waals surface area contributed by atoms with Crippen LogP contribution in [0, 0.1) is 6.92 Å². The molecule has 0 aliphatic carbocycles. The van der Waals surface area contributed by atoms with Crippen molar-refractivity contribution in [1.82, 2.24) is 10.2 Å². The first-order valence-electron chi connectivity index (χ1n) is 11.3. The van der Waals surface area contributed by atoms with Crippen molar-refractivity contribution >= 4 is 35.2 Å². The van der Waals surface area contributed by atoms with Crippen molar-refractivity contribution in [2.45, 2.75) is 32.5 Å². The standard InChI is InChI=1S/C27H26ClN3O4/c1-3-29-26(33)23-24(35-27(34)31(23)16-18-8-5-11-21(28)14-18)19-9-6-12-22(15-19)30-25(32)20-10-4-7-17(2)13-20/h4-15,23-24H,3,16H2,1-2H3,(H,29,33)(H,30,32)/t23-,24-/m1/s1. The predicted octanol–water partition coefficient (Wildman–Crippen LogP) is 5.10. The second-order valence-electron chi connectivity index (χ2n) is 8.35. The van der Waals surface area contributed by atoms with Crippen molar-refractivity contribution < 1.29 is 19.1 Å². The van der Waals surface area contributed by atoms with Crippen LogP contribution in [-0.4, -0.2) is 35.4 Å². The van der Waals surface area contributed by atoms with Crippen molar-refractivity contribution in [3.8, 4) is 0 Å². The van der Waals surface area contributed by atoms with Crippen LogP contribution >= 0.6 is 11.6 Å². The Morgan fingerprint density at radius 3 is 2.54 bits per heavy atom. The topological polar surface area (TPSA) is 87.7 Å². The maximum Gasteiger partial charge on any atom is 0.411 e. The Balaban J connectivity index is 1.60. The van der Waals surface area contributed by atoms with Crippen molar-refractivity contribution in [3.63, 3.8) is 0 Å². The van der Waals surface area contributed by atoms with Crippen LogP contribution in [0.1, 0.15) is 40.1 Å². The average molecular weight is 492 g/mol. The summed E-state index contributed by atoms with van der Waals surface area (Å²) < 4.78 is 5.68. The van der Waals surface area contributed by atoms with Gasteiger partial charge in [0.1, 0.15) is 0 Å². The van der Waals surface area contributed by atoms with E-state index >= 15 is 0 Å². The molecule has 1 aliphatic rings. The van der Waals surface area contributed by atoms with E-state index in [-0.39, 0.29) is 18.4 Å². The first kappa shape index (κ1) is 24.3. The summed E-state index contributed by atoms with van der Waals surface area (Å²) in [6.07, 6.45) is -1.44. The number of carbonyl (C=O) groups is 3. The smallest absolute Gasteiger partial charge is 0.411 e. The van der Waals surface area contributed by atoms with Crippen molar-refractivity contribution in [1.29, 1.82) is 0 Å². The van der Waals surface area contributed by atoms with Crippen molar-refractivity contribution in [2.75, 3.05) is 11.9 Å². The quantitative estimate of drug-likeness (QED) is 0.481. The minimum absolute atomic E-state index is 0.168. The van der Waals surface area contributed by atoms with Crippen LogP contribution in [0.2, 0.25) is 5.02 Å². The fraction of sp³-hybridized carbons (Fsp3) is 0.222. The highest BCUT2D eigenvalue weighted by atomic mass is 35.5. The third kappa shape index (κ3) is 5.63. The number of nitrogens with one attached hydrogen (secondary N) is 2. The van der Waals surface area contributed by atoms with E-state index in [9.17, 15) is 14.4 Å². The summed E-state index contributed by atoms with van der Waals surface area (Å²) in [5.41, 5.74) is 3.44. The second-order valence-corrected chi connectivity index (χ2v) is 8.79. The summed E-state index contributed by atoms with van der Waals surface area (Å²) in [5.74, 6) is -0.572. The number of rotatable bonds is 7. The monoisotopic (exact) mass is 491 g/mol. The summed E-state index contributed by atoms with van der Waals surface area (Å²) in [6, 6.07) is 20.5. The Bertz CT molecular complexity index is 1260. The number of carbonyl (C=O) groups excluding carboxylic acids is 3. The zero-order valence-electron chi connectivity index (χ0n) is 19.5. The molecule has 0 saturated carbocycles. The molecule has 0 unspecified atom stereocenters. The third-order valence-corrected chi connectivity index (χ3v) is 5.93. The molecule has 1 saturated heterocycles. The normalized spacial score (nSPS) is 17.1. The minimum Gasteiger partial charge on any atom is -0.438 e. The predicted molar refractivity (Wildman–Crippen MR) is 134 cm³/mol. The van der Waals surface area contributed by atoms with Gasteiger partial charge >= 0.3 is 6.09 Å². The van der Waals surface area contributed by atoms with Gasteiger partial charge in [-0.1, -0.05) is 53.6 Å². The molecule has 8 heteroatoms. The minimum atomic E-state index is -0.885. The molecule has 1 aliphatic heterocycles. The summed E-state index contributed by atoms with van der Waals surface area (Å²) in [4.78, 5) is 40.0. The third-order valence-electron chi connectivity index (χ3n) is 5.70. The van der Waals surface area contributed by atoms with Crippen LogP contribution in [0.5, 0.6) is 0 Å². The zero-order valence-corrected chi connectivity index (χ0v) is 20.2. The molecule has 2 atom stereocenters. The maximum absolute atomic E-state index is 13.0. The van der Waals surface area contributed by atoms with Crippen LogP contribution < -0.4 is 10.6 Å². The summed E-state index contributed by atoms with van der Waals surface area (Å²) >= 11 is 6.10. The summed E-state index contributed by atoms with van der Waals surface area (Å²) in [7, 11) is 0. The molecule has 4 rings (SSSR count). The number of anilines is 1. The van der Waals surface area contributed by atoms with E-state index in [1.54, 1.807) is 54.6 Å². The molecular formula is C27H26ClN3O4. The fourth-order valence-electron chi connectivity index (χ4n) is 4.10. The number of benzene rings is 3. The molecule has 35 heavy (non-hydrogen) atoms. The average Bonchev–Trinajstić information content (AvgIpc) is 3.15. The Morgan fingerprint density at radius 1 is 1.03 bits per heavy atom. The highest BCUT2D eigenvalue weighted by molar-refractivity contribution is 6.30. The first-order valence-corrected chi connectivity index (χ1v) is 11.7. The van der Waals surface area contributed by atoms with E-state index < -0.39 is 18.2 Å². The number of aryl methyl sites for hydroxylation is 1. The molecule has 7 nitrogen and oxygen atoms in total. The lowest BCUT2D eigenvalue weighted by atomic mass is 10.00. The SMILES string of the molecule is CCNC(=O)[C@H]1[C@@H](c2cccc(NC(=O)c3cccc(C)c3)c2)OC(=O)N1Cc1cccc(Cl)c1. The Morgan fingerprint density at radius 2 is 1.80 bits per heavy atom. The zero-order chi connectivity index (χ0) is 24.9. The van der Waals surface area contributed by atoms with Gasteiger partial charge in [0.2, 0.25) is 5.91 Å². The molecule has 1 fully saturated rings. The molecule has 0 aromatic heterocycles. The van der Waals surface area contributed by atoms with Gasteiger partial charge in [0.25, 0.3) is 5.91 Å². The van der Waals surface area contributed by atoms with Crippen LogP contribution in [0.15, 0.2) is 72.8 Å². The van der Waals surface area contributed by atoms with Gasteiger partial charge in [0, 0.05) is 22.8 Å². The van der Waals surface area contributed by atoms with E-state index in [4.69, 9.17) is 16.3 Å². The van der Waals surface area contributed by atoms with Gasteiger partial charge in [-0.2, -0.15) is 0 Å². The fourth-order valence-corrected chi connectivity index (χ4v) is 4.32. The second kappa shape index (κ2) is 10.6.